The zero-order chi connectivity index (χ0) is 31.1. The second-order valence-electron chi connectivity index (χ2n) is 11.2. The van der Waals surface area contributed by atoms with Crippen molar-refractivity contribution >= 4 is 34.6 Å². The number of H-pyrrole nitrogens is 1. The van der Waals surface area contributed by atoms with Gasteiger partial charge in [-0.25, -0.2) is 4.79 Å². The number of rotatable bonds is 12. The van der Waals surface area contributed by atoms with Crippen molar-refractivity contribution in [2.45, 2.75) is 56.3 Å². The minimum Gasteiger partial charge on any atom is -0.480 e. The van der Waals surface area contributed by atoms with Crippen molar-refractivity contribution in [1.29, 1.82) is 0 Å². The van der Waals surface area contributed by atoms with Gasteiger partial charge >= 0.3 is 5.97 Å². The van der Waals surface area contributed by atoms with Gasteiger partial charge in [-0.1, -0.05) is 78.9 Å². The van der Waals surface area contributed by atoms with Gasteiger partial charge in [-0.15, -0.1) is 0 Å². The molecule has 0 radical (unpaired) electrons. The van der Waals surface area contributed by atoms with Crippen LogP contribution in [0.5, 0.6) is 0 Å². The van der Waals surface area contributed by atoms with Crippen molar-refractivity contribution in [2.75, 3.05) is 6.54 Å². The van der Waals surface area contributed by atoms with E-state index < -0.39 is 47.9 Å². The first-order valence-corrected chi connectivity index (χ1v) is 14.8. The van der Waals surface area contributed by atoms with Crippen molar-refractivity contribution in [3.8, 4) is 0 Å². The van der Waals surface area contributed by atoms with Crippen LogP contribution in [0, 0.1) is 0 Å². The van der Waals surface area contributed by atoms with Crippen molar-refractivity contribution in [2.24, 2.45) is 5.73 Å². The highest BCUT2D eigenvalue weighted by atomic mass is 16.4. The van der Waals surface area contributed by atoms with Crippen molar-refractivity contribution in [1.82, 2.24) is 20.5 Å². The number of para-hydroxylation sites is 1. The molecule has 3 aromatic carbocycles. The molecular weight excluding hydrogens is 558 g/mol. The van der Waals surface area contributed by atoms with Crippen LogP contribution < -0.4 is 16.4 Å². The number of aliphatic carboxylic acids is 1. The lowest BCUT2D eigenvalue weighted by molar-refractivity contribution is -0.149. The van der Waals surface area contributed by atoms with Gasteiger partial charge in [-0.3, -0.25) is 14.4 Å². The predicted molar refractivity (Wildman–Crippen MR) is 167 cm³/mol. The second-order valence-corrected chi connectivity index (χ2v) is 11.2. The first-order valence-electron chi connectivity index (χ1n) is 14.8. The Kier molecular flexibility index (Phi) is 9.71. The normalized spacial score (nSPS) is 16.7. The summed E-state index contributed by atoms with van der Waals surface area (Å²) < 4.78 is 0. The third-order valence-electron chi connectivity index (χ3n) is 8.09. The van der Waals surface area contributed by atoms with Gasteiger partial charge < -0.3 is 31.4 Å². The number of carboxylic acid groups (broad SMARTS) is 1. The van der Waals surface area contributed by atoms with Crippen LogP contribution in [-0.2, 0) is 38.4 Å². The van der Waals surface area contributed by atoms with Gasteiger partial charge in [0.2, 0.25) is 17.7 Å². The first-order chi connectivity index (χ1) is 21.3. The maximum atomic E-state index is 13.9. The van der Waals surface area contributed by atoms with E-state index in [1.807, 2.05) is 91.1 Å². The van der Waals surface area contributed by atoms with Crippen LogP contribution in [0.4, 0.5) is 0 Å². The standard InChI is InChI=1S/C34H37N5O5/c35-26(20-24-21-36-27-15-8-7-14-25(24)27)31(40)37-28(18-22-10-3-1-4-11-22)32(41)38-29(19-23-12-5-2-6-13-23)33(42)39-17-9-16-30(39)34(43)44/h1-8,10-15,21,26,28-30,36H,9,16-20,35H2,(H,37,40)(H,38,41)(H,43,44). The van der Waals surface area contributed by atoms with E-state index >= 15 is 0 Å². The number of hydrogen-bond acceptors (Lipinski definition) is 5. The van der Waals surface area contributed by atoms with Crippen LogP contribution in [-0.4, -0.2) is 69.4 Å². The Balaban J connectivity index is 1.35. The van der Waals surface area contributed by atoms with E-state index in [0.29, 0.717) is 19.4 Å². The minimum absolute atomic E-state index is 0.167. The lowest BCUT2D eigenvalue weighted by Gasteiger charge is -2.29. The topological polar surface area (TPSA) is 158 Å². The fraction of sp³-hybridized carbons (Fsp3) is 0.294. The number of nitrogens with two attached hydrogens (primary N) is 1. The average Bonchev–Trinajstić information content (AvgIpc) is 3.69. The number of nitrogens with zero attached hydrogens (tertiary/aromatic N) is 1. The quantitative estimate of drug-likeness (QED) is 0.169. The summed E-state index contributed by atoms with van der Waals surface area (Å²) in [5.41, 5.74) is 9.79. The van der Waals surface area contributed by atoms with Crippen LogP contribution >= 0.6 is 0 Å². The van der Waals surface area contributed by atoms with Gasteiger partial charge in [0.15, 0.2) is 0 Å². The molecule has 0 aliphatic carbocycles. The number of nitrogens with one attached hydrogen (secondary N) is 3. The Morgan fingerprint density at radius 2 is 1.41 bits per heavy atom. The van der Waals surface area contributed by atoms with Crippen molar-refractivity contribution in [3.63, 3.8) is 0 Å². The Labute approximate surface area is 255 Å². The SMILES string of the molecule is NC(Cc1c[nH]c2ccccc12)C(=O)NC(Cc1ccccc1)C(=O)NC(Cc1ccccc1)C(=O)N1CCCC1C(=O)O. The van der Waals surface area contributed by atoms with E-state index in [-0.39, 0.29) is 19.3 Å². The molecule has 1 aromatic heterocycles. The van der Waals surface area contributed by atoms with Gasteiger partial charge in [-0.2, -0.15) is 0 Å². The molecule has 6 N–H and O–H groups in total. The summed E-state index contributed by atoms with van der Waals surface area (Å²) in [5, 5.41) is 16.3. The summed E-state index contributed by atoms with van der Waals surface area (Å²) in [6, 6.07) is 22.3. The molecule has 10 heteroatoms. The van der Waals surface area contributed by atoms with E-state index in [0.717, 1.165) is 27.6 Å². The maximum Gasteiger partial charge on any atom is 0.326 e. The van der Waals surface area contributed by atoms with Gasteiger partial charge in [0.25, 0.3) is 0 Å². The molecule has 2 heterocycles. The van der Waals surface area contributed by atoms with Crippen LogP contribution in [0.2, 0.25) is 0 Å². The third kappa shape index (κ3) is 7.33. The molecule has 1 aliphatic heterocycles. The number of carbonyl (C=O) groups excluding carboxylic acids is 3. The molecule has 4 unspecified atom stereocenters. The van der Waals surface area contributed by atoms with Crippen molar-refractivity contribution in [3.05, 3.63) is 108 Å². The average molecular weight is 596 g/mol. The van der Waals surface area contributed by atoms with E-state index in [2.05, 4.69) is 15.6 Å². The second kappa shape index (κ2) is 14.0. The molecule has 44 heavy (non-hydrogen) atoms. The summed E-state index contributed by atoms with van der Waals surface area (Å²) in [6.07, 6.45) is 3.35. The highest BCUT2D eigenvalue weighted by Crippen LogP contribution is 2.21. The molecule has 4 atom stereocenters. The highest BCUT2D eigenvalue weighted by molar-refractivity contribution is 5.95. The summed E-state index contributed by atoms with van der Waals surface area (Å²) >= 11 is 0. The van der Waals surface area contributed by atoms with E-state index in [1.165, 1.54) is 4.90 Å². The van der Waals surface area contributed by atoms with E-state index in [1.54, 1.807) is 0 Å². The monoisotopic (exact) mass is 595 g/mol. The summed E-state index contributed by atoms with van der Waals surface area (Å²) in [5.74, 6) is -2.59. The molecule has 5 rings (SSSR count). The molecule has 4 aromatic rings. The molecule has 1 aliphatic rings. The number of amides is 3. The van der Waals surface area contributed by atoms with Crippen LogP contribution in [0.25, 0.3) is 10.9 Å². The number of benzene rings is 3. The summed E-state index contributed by atoms with van der Waals surface area (Å²) in [7, 11) is 0. The largest absolute Gasteiger partial charge is 0.480 e. The third-order valence-corrected chi connectivity index (χ3v) is 8.09. The van der Waals surface area contributed by atoms with Crippen LogP contribution in [0.1, 0.15) is 29.5 Å². The van der Waals surface area contributed by atoms with E-state index in [9.17, 15) is 24.3 Å². The molecular formula is C34H37N5O5. The van der Waals surface area contributed by atoms with E-state index in [4.69, 9.17) is 5.73 Å². The van der Waals surface area contributed by atoms with Gasteiger partial charge in [0.05, 0.1) is 6.04 Å². The number of aromatic nitrogens is 1. The zero-order valence-electron chi connectivity index (χ0n) is 24.3. The first kappa shape index (κ1) is 30.5. The molecule has 3 amide bonds. The Bertz CT molecular complexity index is 1610. The predicted octanol–water partition coefficient (Wildman–Crippen LogP) is 2.57. The molecule has 10 nitrogen and oxygen atoms in total. The minimum atomic E-state index is -1.07. The number of carbonyl (C=O) groups is 4. The molecule has 0 spiro atoms. The van der Waals surface area contributed by atoms with Crippen LogP contribution in [0.3, 0.4) is 0 Å². The summed E-state index contributed by atoms with van der Waals surface area (Å²) in [6.45, 7) is 0.295. The van der Waals surface area contributed by atoms with Crippen molar-refractivity contribution < 1.29 is 24.3 Å². The van der Waals surface area contributed by atoms with Gasteiger partial charge in [-0.05, 0) is 42.0 Å². The number of aromatic amines is 1. The summed E-state index contributed by atoms with van der Waals surface area (Å²) in [4.78, 5) is 57.4. The molecule has 1 fully saturated rings. The lowest BCUT2D eigenvalue weighted by Crippen LogP contribution is -2.58. The number of fused-ring (bicyclic) bond motifs is 1. The molecule has 1 saturated heterocycles. The van der Waals surface area contributed by atoms with Crippen LogP contribution in [0.15, 0.2) is 91.1 Å². The zero-order valence-corrected chi connectivity index (χ0v) is 24.3. The lowest BCUT2D eigenvalue weighted by atomic mass is 10.0. The molecule has 0 saturated carbocycles. The Hall–Kier alpha value is -4.96. The molecule has 0 bridgehead atoms. The Morgan fingerprint density at radius 3 is 2.07 bits per heavy atom. The maximum absolute atomic E-state index is 13.9. The van der Waals surface area contributed by atoms with Gasteiger partial charge in [0.1, 0.15) is 18.1 Å². The highest BCUT2D eigenvalue weighted by Gasteiger charge is 2.38. The fourth-order valence-electron chi connectivity index (χ4n) is 5.78. The van der Waals surface area contributed by atoms with Gasteiger partial charge in [0, 0.05) is 36.5 Å². The number of carboxylic acids is 1. The fourth-order valence-corrected chi connectivity index (χ4v) is 5.78. The Morgan fingerprint density at radius 1 is 0.818 bits per heavy atom. The number of likely N-dealkylation sites (tertiary alicyclic amines) is 1. The smallest absolute Gasteiger partial charge is 0.326 e. The number of hydrogen-bond donors (Lipinski definition) is 5. The molecule has 228 valence electrons.